The van der Waals surface area contributed by atoms with E-state index in [1.54, 1.807) is 35.7 Å². The molecule has 2 N–H and O–H groups in total. The molecule has 1 aliphatic heterocycles. The third-order valence-electron chi connectivity index (χ3n) is 7.18. The van der Waals surface area contributed by atoms with Crippen molar-refractivity contribution in [2.45, 2.75) is 24.2 Å². The maximum Gasteiger partial charge on any atom is 0.247 e. The number of halogens is 1. The second-order valence-electron chi connectivity index (χ2n) is 9.85. The highest BCUT2D eigenvalue weighted by atomic mass is 32.2. The number of anilines is 3. The normalized spacial score (nSPS) is 14.4. The predicted molar refractivity (Wildman–Crippen MR) is 154 cm³/mol. The maximum atomic E-state index is 13.2. The number of carbonyl (C=O) groups excluding carboxylic acids is 1. The minimum atomic E-state index is -3.28. The molecule has 9 nitrogen and oxygen atoms in total. The molecule has 3 aromatic carbocycles. The fourth-order valence-corrected chi connectivity index (χ4v) is 6.39. The molecule has 41 heavy (non-hydrogen) atoms. The van der Waals surface area contributed by atoms with Gasteiger partial charge in [-0.25, -0.2) is 17.3 Å². The van der Waals surface area contributed by atoms with E-state index in [9.17, 15) is 17.6 Å². The number of carbonyl (C=O) groups is 1. The molecule has 3 heterocycles. The van der Waals surface area contributed by atoms with Crippen LogP contribution in [0.25, 0.3) is 16.8 Å². The quantitative estimate of drug-likeness (QED) is 0.270. The van der Waals surface area contributed by atoms with Gasteiger partial charge in [0.05, 0.1) is 29.4 Å². The summed E-state index contributed by atoms with van der Waals surface area (Å²) < 4.78 is 44.9. The summed E-state index contributed by atoms with van der Waals surface area (Å²) in [6, 6.07) is 20.5. The molecule has 0 bridgehead atoms. The van der Waals surface area contributed by atoms with E-state index in [0.29, 0.717) is 40.0 Å². The molecule has 1 atom stereocenters. The van der Waals surface area contributed by atoms with E-state index < -0.39 is 15.8 Å². The van der Waals surface area contributed by atoms with Gasteiger partial charge in [-0.05, 0) is 72.5 Å². The summed E-state index contributed by atoms with van der Waals surface area (Å²) in [5, 5.41) is 10.6. The lowest BCUT2D eigenvalue weighted by Gasteiger charge is -2.13. The average molecular weight is 572 g/mol. The number of aryl methyl sites for hydroxylation is 1. The fourth-order valence-electron chi connectivity index (χ4n) is 4.84. The van der Waals surface area contributed by atoms with Crippen LogP contribution < -0.4 is 15.4 Å². The van der Waals surface area contributed by atoms with Crippen molar-refractivity contribution in [2.75, 3.05) is 23.5 Å². The molecule has 0 saturated heterocycles. The van der Waals surface area contributed by atoms with Gasteiger partial charge in [0, 0.05) is 23.5 Å². The zero-order valence-corrected chi connectivity index (χ0v) is 23.1. The molecule has 0 radical (unpaired) electrons. The summed E-state index contributed by atoms with van der Waals surface area (Å²) in [4.78, 5) is 17.5. The Morgan fingerprint density at radius 1 is 1.02 bits per heavy atom. The lowest BCUT2D eigenvalue weighted by molar-refractivity contribution is -0.117. The molecule has 0 spiro atoms. The van der Waals surface area contributed by atoms with Crippen molar-refractivity contribution in [1.82, 2.24) is 14.6 Å². The first-order chi connectivity index (χ1) is 19.7. The molecule has 2 aromatic heterocycles. The molecule has 0 saturated carbocycles. The Hall–Kier alpha value is -4.77. The number of pyridine rings is 1. The summed E-state index contributed by atoms with van der Waals surface area (Å²) >= 11 is 0. The van der Waals surface area contributed by atoms with Gasteiger partial charge in [-0.1, -0.05) is 24.3 Å². The van der Waals surface area contributed by atoms with Crippen molar-refractivity contribution >= 4 is 38.7 Å². The molecular weight excluding hydrogens is 545 g/mol. The molecule has 208 valence electrons. The maximum absolute atomic E-state index is 13.2. The highest BCUT2D eigenvalue weighted by Crippen LogP contribution is 2.36. The molecule has 1 aliphatic rings. The molecule has 6 rings (SSSR count). The highest BCUT2D eigenvalue weighted by Gasteiger charge is 2.28. The van der Waals surface area contributed by atoms with Crippen LogP contribution in [0, 0.1) is 5.82 Å². The van der Waals surface area contributed by atoms with Crippen LogP contribution >= 0.6 is 0 Å². The summed E-state index contributed by atoms with van der Waals surface area (Å²) in [7, 11) is -1.79. The van der Waals surface area contributed by atoms with Crippen LogP contribution in [0.4, 0.5) is 21.7 Å². The van der Waals surface area contributed by atoms with Crippen LogP contribution in [0.5, 0.6) is 5.75 Å². The summed E-state index contributed by atoms with van der Waals surface area (Å²) in [5.41, 5.74) is 5.15. The van der Waals surface area contributed by atoms with E-state index in [4.69, 9.17) is 4.74 Å². The number of aromatic nitrogens is 3. The molecule has 0 unspecified atom stereocenters. The van der Waals surface area contributed by atoms with Crippen molar-refractivity contribution in [3.63, 3.8) is 0 Å². The SMILES string of the molecule is COc1cc2c(cc1Nc1nc3ccc(-c4ccc(NC(=O)[C@@H](C)c5ccc(F)cc5)cc4)cn3n1)CCS2(=O)=O. The molecule has 11 heteroatoms. The topological polar surface area (TPSA) is 115 Å². The van der Waals surface area contributed by atoms with Crippen molar-refractivity contribution < 1.29 is 22.3 Å². The van der Waals surface area contributed by atoms with Gasteiger partial charge in [0.2, 0.25) is 11.9 Å². The number of hydrogen-bond donors (Lipinski definition) is 2. The Morgan fingerprint density at radius 3 is 2.49 bits per heavy atom. The van der Waals surface area contributed by atoms with Gasteiger partial charge in [0.15, 0.2) is 15.5 Å². The van der Waals surface area contributed by atoms with Crippen molar-refractivity contribution in [3.8, 4) is 16.9 Å². The Kier molecular flexibility index (Phi) is 6.66. The summed E-state index contributed by atoms with van der Waals surface area (Å²) in [5.74, 6) is -0.130. The zero-order valence-electron chi connectivity index (χ0n) is 22.3. The highest BCUT2D eigenvalue weighted by molar-refractivity contribution is 7.91. The smallest absolute Gasteiger partial charge is 0.247 e. The van der Waals surface area contributed by atoms with Crippen molar-refractivity contribution in [1.29, 1.82) is 0 Å². The van der Waals surface area contributed by atoms with Gasteiger partial charge >= 0.3 is 0 Å². The lowest BCUT2D eigenvalue weighted by atomic mass is 10.00. The van der Waals surface area contributed by atoms with Gasteiger partial charge in [0.1, 0.15) is 11.6 Å². The van der Waals surface area contributed by atoms with Crippen LogP contribution in [-0.4, -0.2) is 41.8 Å². The van der Waals surface area contributed by atoms with Gasteiger partial charge in [0.25, 0.3) is 0 Å². The van der Waals surface area contributed by atoms with Gasteiger partial charge in [-0.2, -0.15) is 4.98 Å². The standard InChI is InChI=1S/C30H26FN5O4S/c1-18(19-3-8-23(31)9-4-19)29(37)32-24-10-5-20(6-11-24)22-7-12-28-34-30(35-36(28)17-22)33-25-15-21-13-14-41(38,39)27(21)16-26(25)40-2/h3-12,15-18H,13-14H2,1-2H3,(H,32,37)(H,33,35)/t18-/m0/s1. The number of ether oxygens (including phenoxy) is 1. The number of nitrogens with zero attached hydrogens (tertiary/aromatic N) is 3. The van der Waals surface area contributed by atoms with E-state index in [1.807, 2.05) is 42.6 Å². The van der Waals surface area contributed by atoms with Gasteiger partial charge in [-0.15, -0.1) is 5.10 Å². The molecule has 0 aliphatic carbocycles. The summed E-state index contributed by atoms with van der Waals surface area (Å²) in [6.45, 7) is 1.78. The monoisotopic (exact) mass is 571 g/mol. The van der Waals surface area contributed by atoms with Gasteiger partial charge in [-0.3, -0.25) is 4.79 Å². The van der Waals surface area contributed by atoms with E-state index in [-0.39, 0.29) is 17.5 Å². The first kappa shape index (κ1) is 26.5. The van der Waals surface area contributed by atoms with Crippen LogP contribution in [0.1, 0.15) is 24.0 Å². The van der Waals surface area contributed by atoms with E-state index in [0.717, 1.165) is 22.3 Å². The minimum absolute atomic E-state index is 0.0901. The van der Waals surface area contributed by atoms with Crippen LogP contribution in [0.3, 0.4) is 0 Å². The third kappa shape index (κ3) is 5.23. The Bertz CT molecular complexity index is 1890. The Morgan fingerprint density at radius 2 is 1.76 bits per heavy atom. The Labute approximate surface area is 235 Å². The second-order valence-corrected chi connectivity index (χ2v) is 11.9. The number of methoxy groups -OCH3 is 1. The lowest BCUT2D eigenvalue weighted by Crippen LogP contribution is -2.18. The average Bonchev–Trinajstić information content (AvgIpc) is 3.51. The number of sulfone groups is 1. The van der Waals surface area contributed by atoms with Crippen LogP contribution in [0.15, 0.2) is 83.9 Å². The number of amides is 1. The first-order valence-corrected chi connectivity index (χ1v) is 14.6. The van der Waals surface area contributed by atoms with Crippen molar-refractivity contribution in [3.05, 3.63) is 95.9 Å². The molecule has 5 aromatic rings. The predicted octanol–water partition coefficient (Wildman–Crippen LogP) is 5.36. The second kappa shape index (κ2) is 10.3. The molecule has 0 fully saturated rings. The number of nitrogens with one attached hydrogen (secondary N) is 2. The largest absolute Gasteiger partial charge is 0.495 e. The summed E-state index contributed by atoms with van der Waals surface area (Å²) in [6.07, 6.45) is 2.30. The fraction of sp³-hybridized carbons (Fsp3) is 0.167. The van der Waals surface area contributed by atoms with E-state index in [2.05, 4.69) is 20.7 Å². The number of benzene rings is 3. The van der Waals surface area contributed by atoms with Crippen LogP contribution in [-0.2, 0) is 21.1 Å². The van der Waals surface area contributed by atoms with Crippen molar-refractivity contribution in [2.24, 2.45) is 0 Å². The van der Waals surface area contributed by atoms with E-state index >= 15 is 0 Å². The van der Waals surface area contributed by atoms with E-state index in [1.165, 1.54) is 19.2 Å². The van der Waals surface area contributed by atoms with Crippen LogP contribution in [0.2, 0.25) is 0 Å². The first-order valence-electron chi connectivity index (χ1n) is 12.9. The number of rotatable bonds is 7. The number of hydrogen-bond acceptors (Lipinski definition) is 7. The molecular formula is C30H26FN5O4S. The third-order valence-corrected chi connectivity index (χ3v) is 8.98. The van der Waals surface area contributed by atoms with Gasteiger partial charge < -0.3 is 15.4 Å². The molecule has 1 amide bonds. The Balaban J connectivity index is 1.18. The minimum Gasteiger partial charge on any atom is -0.495 e. The zero-order chi connectivity index (χ0) is 28.7. The number of fused-ring (bicyclic) bond motifs is 2.